The van der Waals surface area contributed by atoms with Gasteiger partial charge in [-0.1, -0.05) is 41.4 Å². The summed E-state index contributed by atoms with van der Waals surface area (Å²) in [6.07, 6.45) is 1.22. The molecule has 0 aliphatic heterocycles. The molecule has 1 amide bonds. The van der Waals surface area contributed by atoms with E-state index in [2.05, 4.69) is 10.4 Å². The van der Waals surface area contributed by atoms with Gasteiger partial charge in [-0.15, -0.1) is 0 Å². The number of aromatic nitrogens is 2. The molecule has 0 saturated heterocycles. The largest absolute Gasteiger partial charge is 0.348 e. The van der Waals surface area contributed by atoms with Gasteiger partial charge in [-0.2, -0.15) is 5.10 Å². The highest BCUT2D eigenvalue weighted by Crippen LogP contribution is 2.25. The third kappa shape index (κ3) is 3.83. The zero-order valence-corrected chi connectivity index (χ0v) is 14.9. The van der Waals surface area contributed by atoms with Gasteiger partial charge in [0.2, 0.25) is 11.3 Å². The van der Waals surface area contributed by atoms with Crippen LogP contribution in [0, 0.1) is 0 Å². The van der Waals surface area contributed by atoms with Crippen molar-refractivity contribution in [1.82, 2.24) is 15.1 Å². The molecule has 1 N–H and O–H groups in total. The zero-order chi connectivity index (χ0) is 18.0. The van der Waals surface area contributed by atoms with Crippen LogP contribution in [0.2, 0.25) is 10.0 Å². The van der Waals surface area contributed by atoms with Crippen LogP contribution in [-0.4, -0.2) is 15.7 Å². The van der Waals surface area contributed by atoms with E-state index in [0.717, 1.165) is 5.56 Å². The van der Waals surface area contributed by atoms with Crippen molar-refractivity contribution in [3.63, 3.8) is 0 Å². The van der Waals surface area contributed by atoms with E-state index in [0.29, 0.717) is 20.9 Å². The number of nitrogens with zero attached hydrogens (tertiary/aromatic N) is 2. The molecule has 0 saturated carbocycles. The Morgan fingerprint density at radius 1 is 1.20 bits per heavy atom. The Balaban J connectivity index is 1.78. The molecule has 0 fully saturated rings. The summed E-state index contributed by atoms with van der Waals surface area (Å²) in [5.74, 6) is -0.222. The first-order chi connectivity index (χ1) is 12.0. The number of hydrogen-bond acceptors (Lipinski definition) is 3. The van der Waals surface area contributed by atoms with Gasteiger partial charge in [-0.3, -0.25) is 14.3 Å². The highest BCUT2D eigenvalue weighted by Gasteiger charge is 2.13. The summed E-state index contributed by atoms with van der Waals surface area (Å²) >= 11 is 11.9. The van der Waals surface area contributed by atoms with Crippen LogP contribution in [0.15, 0.2) is 53.5 Å². The van der Waals surface area contributed by atoms with Crippen molar-refractivity contribution >= 4 is 40.0 Å². The average molecular weight is 376 g/mol. The summed E-state index contributed by atoms with van der Waals surface area (Å²) in [4.78, 5) is 24.2. The number of hydrogen-bond donors (Lipinski definition) is 1. The molecule has 1 atom stereocenters. The number of benzene rings is 2. The fourth-order valence-electron chi connectivity index (χ4n) is 2.58. The minimum absolute atomic E-state index is 0.00640. The van der Waals surface area contributed by atoms with E-state index in [-0.39, 0.29) is 23.9 Å². The van der Waals surface area contributed by atoms with Crippen molar-refractivity contribution in [2.24, 2.45) is 0 Å². The molecule has 0 aliphatic carbocycles. The quantitative estimate of drug-likeness (QED) is 0.757. The molecule has 3 rings (SSSR count). The van der Waals surface area contributed by atoms with E-state index in [1.165, 1.54) is 10.9 Å². The third-order valence-electron chi connectivity index (χ3n) is 3.88. The Bertz CT molecular complexity index is 1000. The molecule has 7 heteroatoms. The smallest absolute Gasteiger partial charge is 0.242 e. The van der Waals surface area contributed by atoms with Gasteiger partial charge in [-0.05, 0) is 36.8 Å². The highest BCUT2D eigenvalue weighted by molar-refractivity contribution is 6.42. The molecule has 5 nitrogen and oxygen atoms in total. The number of carbonyl (C=O) groups is 1. The number of halogens is 2. The highest BCUT2D eigenvalue weighted by atomic mass is 35.5. The molecule has 1 unspecified atom stereocenters. The van der Waals surface area contributed by atoms with E-state index in [4.69, 9.17) is 23.2 Å². The van der Waals surface area contributed by atoms with Crippen LogP contribution in [0.3, 0.4) is 0 Å². The fraction of sp³-hybridized carbons (Fsp3) is 0.167. The molecule has 1 aromatic heterocycles. The zero-order valence-electron chi connectivity index (χ0n) is 13.4. The predicted octanol–water partition coefficient (Wildman–Crippen LogP) is 3.58. The average Bonchev–Trinajstić information content (AvgIpc) is 2.60. The summed E-state index contributed by atoms with van der Waals surface area (Å²) in [6.45, 7) is 1.86. The Morgan fingerprint density at radius 2 is 1.96 bits per heavy atom. The molecule has 2 aromatic carbocycles. The Morgan fingerprint density at radius 3 is 2.72 bits per heavy atom. The maximum atomic E-state index is 12.4. The van der Waals surface area contributed by atoms with Crippen molar-refractivity contribution in [2.45, 2.75) is 19.5 Å². The van der Waals surface area contributed by atoms with Crippen LogP contribution >= 0.6 is 23.2 Å². The van der Waals surface area contributed by atoms with Crippen LogP contribution in [0.4, 0.5) is 0 Å². The summed E-state index contributed by atoms with van der Waals surface area (Å²) in [7, 11) is 0. The van der Waals surface area contributed by atoms with Gasteiger partial charge in [0.25, 0.3) is 0 Å². The number of fused-ring (bicyclic) bond motifs is 1. The number of nitrogens with one attached hydrogen (secondary N) is 1. The Labute approximate surface area is 154 Å². The van der Waals surface area contributed by atoms with Crippen LogP contribution in [0.5, 0.6) is 0 Å². The van der Waals surface area contributed by atoms with E-state index >= 15 is 0 Å². The summed E-state index contributed by atoms with van der Waals surface area (Å²) in [5.41, 5.74) is 1.30. The monoisotopic (exact) mass is 375 g/mol. The molecule has 0 radical (unpaired) electrons. The molecular weight excluding hydrogens is 361 g/mol. The molecule has 1 heterocycles. The topological polar surface area (TPSA) is 64.0 Å². The van der Waals surface area contributed by atoms with Crippen LogP contribution in [-0.2, 0) is 11.3 Å². The van der Waals surface area contributed by atoms with Crippen molar-refractivity contribution in [2.75, 3.05) is 0 Å². The molecule has 0 aliphatic rings. The molecule has 3 aromatic rings. The third-order valence-corrected chi connectivity index (χ3v) is 4.62. The second-order valence-corrected chi connectivity index (χ2v) is 6.46. The summed E-state index contributed by atoms with van der Waals surface area (Å²) < 4.78 is 1.51. The predicted molar refractivity (Wildman–Crippen MR) is 99.0 cm³/mol. The van der Waals surface area contributed by atoms with E-state index in [9.17, 15) is 9.59 Å². The van der Waals surface area contributed by atoms with Crippen LogP contribution in [0.1, 0.15) is 18.5 Å². The van der Waals surface area contributed by atoms with Crippen LogP contribution < -0.4 is 10.7 Å². The molecule has 0 bridgehead atoms. The lowest BCUT2D eigenvalue weighted by Gasteiger charge is -2.16. The van der Waals surface area contributed by atoms with E-state index < -0.39 is 0 Å². The van der Waals surface area contributed by atoms with Gasteiger partial charge >= 0.3 is 0 Å². The first-order valence-electron chi connectivity index (χ1n) is 7.65. The normalized spacial score (nSPS) is 12.1. The van der Waals surface area contributed by atoms with E-state index in [1.807, 2.05) is 13.0 Å². The van der Waals surface area contributed by atoms with E-state index in [1.54, 1.807) is 36.4 Å². The number of amides is 1. The fourth-order valence-corrected chi connectivity index (χ4v) is 2.88. The minimum Gasteiger partial charge on any atom is -0.348 e. The van der Waals surface area contributed by atoms with Gasteiger partial charge in [0.1, 0.15) is 6.54 Å². The van der Waals surface area contributed by atoms with Gasteiger partial charge in [0.15, 0.2) is 0 Å². The van der Waals surface area contributed by atoms with Gasteiger partial charge in [0, 0.05) is 5.39 Å². The number of rotatable bonds is 4. The lowest BCUT2D eigenvalue weighted by Crippen LogP contribution is -2.31. The lowest BCUT2D eigenvalue weighted by atomic mass is 10.1. The molecular formula is C18H15Cl2N3O2. The Hall–Kier alpha value is -2.37. The maximum Gasteiger partial charge on any atom is 0.242 e. The first-order valence-corrected chi connectivity index (χ1v) is 8.40. The van der Waals surface area contributed by atoms with Gasteiger partial charge in [-0.25, -0.2) is 0 Å². The number of carbonyl (C=O) groups excluding carboxylic acids is 1. The van der Waals surface area contributed by atoms with Crippen molar-refractivity contribution in [3.8, 4) is 0 Å². The second kappa shape index (κ2) is 7.25. The minimum atomic E-state index is -0.243. The lowest BCUT2D eigenvalue weighted by molar-refractivity contribution is -0.122. The first kappa shape index (κ1) is 17.5. The summed E-state index contributed by atoms with van der Waals surface area (Å²) in [5, 5.41) is 8.38. The van der Waals surface area contributed by atoms with Crippen molar-refractivity contribution in [1.29, 1.82) is 0 Å². The molecule has 128 valence electrons. The van der Waals surface area contributed by atoms with Gasteiger partial charge < -0.3 is 5.32 Å². The second-order valence-electron chi connectivity index (χ2n) is 5.65. The molecule has 0 spiro atoms. The standard InChI is InChI=1S/C18H15Cl2N3O2/c1-11(12-6-7-14(19)15(20)8-12)22-18(25)10-23-16-5-3-2-4-13(16)17(24)9-21-23/h2-9,11H,10H2,1H3,(H,22,25). The summed E-state index contributed by atoms with van der Waals surface area (Å²) in [6, 6.07) is 12.0. The Kier molecular flexibility index (Phi) is 5.06. The SMILES string of the molecule is CC(NC(=O)Cn1ncc(=O)c2ccccc21)c1ccc(Cl)c(Cl)c1. The maximum absolute atomic E-state index is 12.4. The number of para-hydroxylation sites is 1. The molecule has 25 heavy (non-hydrogen) atoms. The van der Waals surface area contributed by atoms with Gasteiger partial charge in [0.05, 0.1) is 27.8 Å². The van der Waals surface area contributed by atoms with Crippen LogP contribution in [0.25, 0.3) is 10.9 Å². The van der Waals surface area contributed by atoms with Crippen molar-refractivity contribution in [3.05, 3.63) is 74.5 Å². The van der Waals surface area contributed by atoms with Crippen molar-refractivity contribution < 1.29 is 4.79 Å².